The summed E-state index contributed by atoms with van der Waals surface area (Å²) in [5.74, 6) is 0. The lowest BCUT2D eigenvalue weighted by atomic mass is 10.2. The van der Waals surface area contributed by atoms with Gasteiger partial charge in [-0.25, -0.2) is 4.98 Å². The number of thiazole rings is 1. The second kappa shape index (κ2) is 6.93. The zero-order valence-electron chi connectivity index (χ0n) is 11.2. The van der Waals surface area contributed by atoms with Crippen molar-refractivity contribution < 1.29 is 5.11 Å². The normalized spacial score (nSPS) is 12.8. The third-order valence-electron chi connectivity index (χ3n) is 2.55. The fourth-order valence-corrected chi connectivity index (χ4v) is 2.51. The van der Waals surface area contributed by atoms with Gasteiger partial charge < -0.3 is 15.3 Å². The van der Waals surface area contributed by atoms with Crippen molar-refractivity contribution in [2.75, 3.05) is 25.5 Å². The van der Waals surface area contributed by atoms with Gasteiger partial charge in [0.25, 0.3) is 0 Å². The van der Waals surface area contributed by atoms with Crippen molar-refractivity contribution in [3.63, 3.8) is 0 Å². The van der Waals surface area contributed by atoms with Gasteiger partial charge in [0, 0.05) is 32.1 Å². The minimum Gasteiger partial charge on any atom is -0.392 e. The highest BCUT2D eigenvalue weighted by atomic mass is 32.1. The van der Waals surface area contributed by atoms with E-state index in [0.717, 1.165) is 30.2 Å². The SMILES string of the molecule is CCCC(O)CNCc1sc(N(C)C)nc1C. The molecule has 1 aromatic heterocycles. The first-order valence-electron chi connectivity index (χ1n) is 6.07. The van der Waals surface area contributed by atoms with Crippen LogP contribution in [0.25, 0.3) is 0 Å². The molecule has 0 aromatic carbocycles. The summed E-state index contributed by atoms with van der Waals surface area (Å²) in [6, 6.07) is 0. The van der Waals surface area contributed by atoms with Crippen molar-refractivity contribution >= 4 is 16.5 Å². The highest BCUT2D eigenvalue weighted by molar-refractivity contribution is 7.15. The fourth-order valence-electron chi connectivity index (χ4n) is 1.56. The van der Waals surface area contributed by atoms with Crippen molar-refractivity contribution in [1.29, 1.82) is 0 Å². The van der Waals surface area contributed by atoms with E-state index in [4.69, 9.17) is 0 Å². The number of aliphatic hydroxyl groups is 1. The summed E-state index contributed by atoms with van der Waals surface area (Å²) >= 11 is 1.70. The van der Waals surface area contributed by atoms with E-state index in [-0.39, 0.29) is 6.10 Å². The Morgan fingerprint density at radius 3 is 2.71 bits per heavy atom. The topological polar surface area (TPSA) is 48.4 Å². The van der Waals surface area contributed by atoms with Crippen LogP contribution in [-0.2, 0) is 6.54 Å². The smallest absolute Gasteiger partial charge is 0.185 e. The second-order valence-corrected chi connectivity index (χ2v) is 5.53. The van der Waals surface area contributed by atoms with Gasteiger partial charge in [-0.15, -0.1) is 11.3 Å². The van der Waals surface area contributed by atoms with Gasteiger partial charge in [0.2, 0.25) is 0 Å². The van der Waals surface area contributed by atoms with Crippen molar-refractivity contribution in [2.45, 2.75) is 39.3 Å². The highest BCUT2D eigenvalue weighted by Gasteiger charge is 2.09. The van der Waals surface area contributed by atoms with Crippen LogP contribution in [0.2, 0.25) is 0 Å². The fraction of sp³-hybridized carbons (Fsp3) is 0.750. The molecule has 1 rings (SSSR count). The average Bonchev–Trinajstić information content (AvgIpc) is 2.61. The van der Waals surface area contributed by atoms with Crippen LogP contribution in [0.4, 0.5) is 5.13 Å². The minimum absolute atomic E-state index is 0.235. The maximum absolute atomic E-state index is 9.61. The monoisotopic (exact) mass is 257 g/mol. The number of aryl methyl sites for hydroxylation is 1. The molecule has 0 bridgehead atoms. The summed E-state index contributed by atoms with van der Waals surface area (Å²) in [6.07, 6.45) is 1.65. The molecule has 0 aliphatic carbocycles. The predicted octanol–water partition coefficient (Wildman–Crippen LogP) is 1.77. The third-order valence-corrected chi connectivity index (χ3v) is 3.88. The quantitative estimate of drug-likeness (QED) is 0.781. The Morgan fingerprint density at radius 2 is 2.18 bits per heavy atom. The van der Waals surface area contributed by atoms with Crippen LogP contribution in [0.3, 0.4) is 0 Å². The van der Waals surface area contributed by atoms with Gasteiger partial charge in [-0.05, 0) is 13.3 Å². The van der Waals surface area contributed by atoms with E-state index in [1.165, 1.54) is 4.88 Å². The maximum atomic E-state index is 9.61. The van der Waals surface area contributed by atoms with Crippen molar-refractivity contribution in [1.82, 2.24) is 10.3 Å². The molecule has 4 nitrogen and oxygen atoms in total. The van der Waals surface area contributed by atoms with Gasteiger partial charge in [0.15, 0.2) is 5.13 Å². The van der Waals surface area contributed by atoms with E-state index >= 15 is 0 Å². The molecule has 2 N–H and O–H groups in total. The molecule has 1 heterocycles. The molecule has 0 saturated heterocycles. The first-order valence-corrected chi connectivity index (χ1v) is 6.88. The summed E-state index contributed by atoms with van der Waals surface area (Å²) in [5, 5.41) is 13.9. The number of hydrogen-bond donors (Lipinski definition) is 2. The van der Waals surface area contributed by atoms with Crippen molar-refractivity contribution in [3.05, 3.63) is 10.6 Å². The van der Waals surface area contributed by atoms with Gasteiger partial charge in [0.05, 0.1) is 11.8 Å². The number of aromatic nitrogens is 1. The first kappa shape index (κ1) is 14.4. The van der Waals surface area contributed by atoms with E-state index < -0.39 is 0 Å². The summed E-state index contributed by atoms with van der Waals surface area (Å²) in [4.78, 5) is 7.75. The van der Waals surface area contributed by atoms with Gasteiger partial charge in [-0.3, -0.25) is 0 Å². The molecule has 0 spiro atoms. The summed E-state index contributed by atoms with van der Waals surface area (Å²) in [5.41, 5.74) is 1.08. The Hall–Kier alpha value is -0.650. The summed E-state index contributed by atoms with van der Waals surface area (Å²) in [7, 11) is 4.00. The number of rotatable bonds is 7. The van der Waals surface area contributed by atoms with Crippen molar-refractivity contribution in [3.8, 4) is 0 Å². The molecule has 5 heteroatoms. The molecule has 0 aliphatic rings. The van der Waals surface area contributed by atoms with Crippen LogP contribution in [0.5, 0.6) is 0 Å². The molecule has 98 valence electrons. The van der Waals surface area contributed by atoms with Gasteiger partial charge in [-0.1, -0.05) is 13.3 Å². The molecular weight excluding hydrogens is 234 g/mol. The lowest BCUT2D eigenvalue weighted by Gasteiger charge is -2.09. The Morgan fingerprint density at radius 1 is 1.47 bits per heavy atom. The van der Waals surface area contributed by atoms with Gasteiger partial charge in [-0.2, -0.15) is 0 Å². The zero-order valence-corrected chi connectivity index (χ0v) is 12.0. The van der Waals surface area contributed by atoms with Gasteiger partial charge >= 0.3 is 0 Å². The Bertz CT molecular complexity index is 338. The average molecular weight is 257 g/mol. The molecule has 1 aromatic rings. The highest BCUT2D eigenvalue weighted by Crippen LogP contribution is 2.24. The second-order valence-electron chi connectivity index (χ2n) is 4.47. The van der Waals surface area contributed by atoms with Crippen LogP contribution < -0.4 is 10.2 Å². The molecule has 1 atom stereocenters. The molecule has 0 radical (unpaired) electrons. The minimum atomic E-state index is -0.235. The van der Waals surface area contributed by atoms with Crippen LogP contribution in [0, 0.1) is 6.92 Å². The Labute approximate surface area is 108 Å². The molecular formula is C12H23N3OS. The Kier molecular flexibility index (Phi) is 5.88. The molecule has 0 fully saturated rings. The molecule has 1 unspecified atom stereocenters. The number of hydrogen-bond acceptors (Lipinski definition) is 5. The van der Waals surface area contributed by atoms with Crippen LogP contribution in [-0.4, -0.2) is 36.8 Å². The summed E-state index contributed by atoms with van der Waals surface area (Å²) < 4.78 is 0. The molecule has 0 aliphatic heterocycles. The van der Waals surface area contributed by atoms with Crippen LogP contribution in [0.15, 0.2) is 0 Å². The summed E-state index contributed by atoms with van der Waals surface area (Å²) in [6.45, 7) is 5.56. The van der Waals surface area contributed by atoms with E-state index in [1.807, 2.05) is 25.9 Å². The van der Waals surface area contributed by atoms with Crippen LogP contribution in [0.1, 0.15) is 30.3 Å². The first-order chi connectivity index (χ1) is 8.04. The molecule has 0 amide bonds. The van der Waals surface area contributed by atoms with Crippen LogP contribution >= 0.6 is 11.3 Å². The third kappa shape index (κ3) is 4.61. The van der Waals surface area contributed by atoms with E-state index in [2.05, 4.69) is 17.2 Å². The number of nitrogens with zero attached hydrogens (tertiary/aromatic N) is 2. The maximum Gasteiger partial charge on any atom is 0.185 e. The number of anilines is 1. The molecule has 17 heavy (non-hydrogen) atoms. The van der Waals surface area contributed by atoms with Crippen molar-refractivity contribution in [2.24, 2.45) is 0 Å². The Balaban J connectivity index is 2.41. The number of nitrogens with one attached hydrogen (secondary N) is 1. The lowest BCUT2D eigenvalue weighted by molar-refractivity contribution is 0.160. The standard InChI is InChI=1S/C12H23N3OS/c1-5-6-10(16)7-13-8-11-9(2)14-12(17-11)15(3)4/h10,13,16H,5-8H2,1-4H3. The van der Waals surface area contributed by atoms with E-state index in [0.29, 0.717) is 6.54 Å². The molecule has 0 saturated carbocycles. The van der Waals surface area contributed by atoms with E-state index in [1.54, 1.807) is 11.3 Å². The predicted molar refractivity (Wildman–Crippen MR) is 73.8 cm³/mol. The largest absolute Gasteiger partial charge is 0.392 e. The zero-order chi connectivity index (χ0) is 12.8. The van der Waals surface area contributed by atoms with Gasteiger partial charge in [0.1, 0.15) is 0 Å². The number of aliphatic hydroxyl groups excluding tert-OH is 1. The lowest BCUT2D eigenvalue weighted by Crippen LogP contribution is -2.26. The van der Waals surface area contributed by atoms with E-state index in [9.17, 15) is 5.11 Å².